The number of nitrogens with zero attached hydrogens (tertiary/aromatic N) is 1. The summed E-state index contributed by atoms with van der Waals surface area (Å²) < 4.78 is 6.12. The minimum absolute atomic E-state index is 0.122. The van der Waals surface area contributed by atoms with E-state index >= 15 is 0 Å². The Hall–Kier alpha value is -3.81. The highest BCUT2D eigenvalue weighted by Gasteiger charge is 2.50. The molecule has 0 spiro atoms. The Kier molecular flexibility index (Phi) is 7.49. The van der Waals surface area contributed by atoms with Gasteiger partial charge in [-0.3, -0.25) is 9.59 Å². The van der Waals surface area contributed by atoms with E-state index < -0.39 is 30.1 Å². The third-order valence-corrected chi connectivity index (χ3v) is 9.58. The molecule has 4 fully saturated rings. The summed E-state index contributed by atoms with van der Waals surface area (Å²) in [5.74, 6) is 0.746. The molecule has 41 heavy (non-hydrogen) atoms. The Bertz CT molecular complexity index is 1390. The number of alkyl carbamates (subject to hydrolysis) is 1. The highest BCUT2D eigenvalue weighted by Crippen LogP contribution is 2.54. The first-order chi connectivity index (χ1) is 19.8. The molecule has 3 aromatic rings. The van der Waals surface area contributed by atoms with Gasteiger partial charge < -0.3 is 25.0 Å². The van der Waals surface area contributed by atoms with Crippen LogP contribution in [-0.2, 0) is 27.2 Å². The summed E-state index contributed by atoms with van der Waals surface area (Å²) in [6, 6.07) is 17.5. The van der Waals surface area contributed by atoms with Gasteiger partial charge in [0.1, 0.15) is 18.2 Å². The fraction of sp³-hybridized carbons (Fsp3) is 0.485. The molecular formula is C33H39N3O5. The van der Waals surface area contributed by atoms with Crippen LogP contribution in [0, 0.1) is 23.7 Å². The van der Waals surface area contributed by atoms with Gasteiger partial charge in [-0.1, -0.05) is 48.5 Å². The number of amides is 2. The Morgan fingerprint density at radius 1 is 0.976 bits per heavy atom. The molecule has 7 rings (SSSR count). The molecule has 216 valence electrons. The summed E-state index contributed by atoms with van der Waals surface area (Å²) in [5, 5.41) is 13.6. The van der Waals surface area contributed by atoms with Crippen molar-refractivity contribution in [2.75, 3.05) is 13.1 Å². The lowest BCUT2D eigenvalue weighted by molar-refractivity contribution is -0.147. The molecule has 2 amide bonds. The number of hydrogen-bond donors (Lipinski definition) is 3. The van der Waals surface area contributed by atoms with Gasteiger partial charge >= 0.3 is 12.1 Å². The van der Waals surface area contributed by atoms with Crippen LogP contribution in [0.4, 0.5) is 4.79 Å². The first kappa shape index (κ1) is 27.4. The first-order valence-electron chi connectivity index (χ1n) is 14.9. The quantitative estimate of drug-likeness (QED) is 0.318. The third-order valence-electron chi connectivity index (χ3n) is 9.58. The second kappa shape index (κ2) is 11.2. The summed E-state index contributed by atoms with van der Waals surface area (Å²) in [5.41, 5.74) is 1.38. The molecular weight excluding hydrogens is 518 g/mol. The Morgan fingerprint density at radius 3 is 2.32 bits per heavy atom. The van der Waals surface area contributed by atoms with Gasteiger partial charge in [-0.05, 0) is 86.3 Å². The smallest absolute Gasteiger partial charge is 0.408 e. The molecule has 8 nitrogen and oxygen atoms in total. The number of hydrogen-bond acceptors (Lipinski definition) is 4. The molecule has 2 aromatic carbocycles. The molecule has 4 saturated carbocycles. The summed E-state index contributed by atoms with van der Waals surface area (Å²) >= 11 is 0. The SMILES string of the molecule is C[C@@](Cc1c[nH]c2ccccc12)(NC(=O)OC1C2CC3CC(C2)CC1C3)C(=O)N(CCc1ccccc1)CC(=O)O. The summed E-state index contributed by atoms with van der Waals surface area (Å²) in [6.45, 7) is 1.44. The molecule has 3 N–H and O–H groups in total. The van der Waals surface area contributed by atoms with Crippen molar-refractivity contribution >= 4 is 28.9 Å². The van der Waals surface area contributed by atoms with E-state index in [-0.39, 0.29) is 19.1 Å². The Labute approximate surface area is 240 Å². The fourth-order valence-electron chi connectivity index (χ4n) is 7.95. The number of nitrogens with one attached hydrogen (secondary N) is 2. The summed E-state index contributed by atoms with van der Waals surface area (Å²) in [4.78, 5) is 44.2. The van der Waals surface area contributed by atoms with Crippen LogP contribution in [0.1, 0.15) is 50.2 Å². The fourth-order valence-corrected chi connectivity index (χ4v) is 7.95. The van der Waals surface area contributed by atoms with E-state index in [0.29, 0.717) is 18.3 Å². The highest BCUT2D eigenvalue weighted by molar-refractivity contribution is 5.93. The van der Waals surface area contributed by atoms with Gasteiger partial charge in [0, 0.05) is 30.1 Å². The van der Waals surface area contributed by atoms with Gasteiger partial charge in [0.15, 0.2) is 0 Å². The van der Waals surface area contributed by atoms with E-state index in [9.17, 15) is 19.5 Å². The van der Waals surface area contributed by atoms with Gasteiger partial charge in [0.2, 0.25) is 5.91 Å². The molecule has 4 bridgehead atoms. The van der Waals surface area contributed by atoms with Crippen LogP contribution in [0.5, 0.6) is 0 Å². The number of aliphatic carboxylic acids is 1. The summed E-state index contributed by atoms with van der Waals surface area (Å²) in [6.07, 6.45) is 7.59. The van der Waals surface area contributed by atoms with Gasteiger partial charge in [0.25, 0.3) is 0 Å². The minimum Gasteiger partial charge on any atom is -0.480 e. The molecule has 0 aliphatic heterocycles. The van der Waals surface area contributed by atoms with Crippen LogP contribution in [0.15, 0.2) is 60.8 Å². The molecule has 0 radical (unpaired) electrons. The van der Waals surface area contributed by atoms with Gasteiger partial charge in [-0.15, -0.1) is 0 Å². The zero-order valence-corrected chi connectivity index (χ0v) is 23.6. The normalized spacial score (nSPS) is 25.9. The molecule has 0 saturated heterocycles. The van der Waals surface area contributed by atoms with Crippen molar-refractivity contribution in [3.63, 3.8) is 0 Å². The van der Waals surface area contributed by atoms with Crippen LogP contribution < -0.4 is 5.32 Å². The Balaban J connectivity index is 1.25. The van der Waals surface area contributed by atoms with E-state index in [1.165, 1.54) is 11.3 Å². The maximum Gasteiger partial charge on any atom is 0.408 e. The van der Waals surface area contributed by atoms with Crippen LogP contribution >= 0.6 is 0 Å². The van der Waals surface area contributed by atoms with E-state index in [2.05, 4.69) is 10.3 Å². The molecule has 1 atom stereocenters. The number of benzene rings is 2. The molecule has 4 aliphatic carbocycles. The predicted molar refractivity (Wildman–Crippen MR) is 155 cm³/mol. The van der Waals surface area contributed by atoms with Gasteiger partial charge in [0.05, 0.1) is 0 Å². The van der Waals surface area contributed by atoms with Crippen molar-refractivity contribution in [1.29, 1.82) is 0 Å². The number of carbonyl (C=O) groups excluding carboxylic acids is 2. The van der Waals surface area contributed by atoms with Gasteiger partial charge in [-0.25, -0.2) is 4.79 Å². The molecule has 1 heterocycles. The second-order valence-corrected chi connectivity index (χ2v) is 12.7. The molecule has 8 heteroatoms. The van der Waals surface area contributed by atoms with Gasteiger partial charge in [-0.2, -0.15) is 0 Å². The minimum atomic E-state index is -1.42. The number of rotatable bonds is 10. The predicted octanol–water partition coefficient (Wildman–Crippen LogP) is 5.18. The van der Waals surface area contributed by atoms with E-state index in [0.717, 1.165) is 59.5 Å². The highest BCUT2D eigenvalue weighted by atomic mass is 16.6. The zero-order chi connectivity index (χ0) is 28.6. The van der Waals surface area contributed by atoms with Crippen molar-refractivity contribution in [2.24, 2.45) is 23.7 Å². The molecule has 0 unspecified atom stereocenters. The van der Waals surface area contributed by atoms with E-state index in [1.807, 2.05) is 60.8 Å². The van der Waals surface area contributed by atoms with Crippen molar-refractivity contribution in [1.82, 2.24) is 15.2 Å². The number of carboxylic acid groups (broad SMARTS) is 1. The van der Waals surface area contributed by atoms with Crippen molar-refractivity contribution in [3.8, 4) is 0 Å². The number of ether oxygens (including phenoxy) is 1. The maximum absolute atomic E-state index is 14.2. The standard InChI is InChI=1S/C33H39N3O5/c1-33(18-26-19-34-28-10-6-5-9-27(26)28,31(39)36(20-29(37)38)12-11-21-7-3-2-4-8-21)35-32(40)41-30-24-14-22-13-23(16-24)17-25(30)15-22/h2-10,19,22-25,30,34H,11-18,20H2,1H3,(H,35,40)(H,37,38)/t22?,23?,24?,25?,30?,33-/m0/s1. The largest absolute Gasteiger partial charge is 0.480 e. The lowest BCUT2D eigenvalue weighted by atomic mass is 9.55. The molecule has 1 aromatic heterocycles. The maximum atomic E-state index is 14.2. The number of fused-ring (bicyclic) bond motifs is 1. The van der Waals surface area contributed by atoms with Crippen LogP contribution in [0.3, 0.4) is 0 Å². The van der Waals surface area contributed by atoms with E-state index in [1.54, 1.807) is 6.92 Å². The second-order valence-electron chi connectivity index (χ2n) is 12.7. The number of aromatic amines is 1. The molecule has 4 aliphatic rings. The van der Waals surface area contributed by atoms with Crippen LogP contribution in [-0.4, -0.2) is 57.7 Å². The number of aromatic nitrogens is 1. The van der Waals surface area contributed by atoms with Crippen molar-refractivity contribution < 1.29 is 24.2 Å². The number of carbonyl (C=O) groups is 3. The number of para-hydroxylation sites is 1. The first-order valence-corrected chi connectivity index (χ1v) is 14.9. The summed E-state index contributed by atoms with van der Waals surface area (Å²) in [7, 11) is 0. The zero-order valence-electron chi connectivity index (χ0n) is 23.6. The average Bonchev–Trinajstić information content (AvgIpc) is 3.35. The number of carboxylic acids is 1. The monoisotopic (exact) mass is 557 g/mol. The lowest BCUT2D eigenvalue weighted by Crippen LogP contribution is -2.61. The lowest BCUT2D eigenvalue weighted by Gasteiger charge is -2.53. The van der Waals surface area contributed by atoms with Crippen molar-refractivity contribution in [3.05, 3.63) is 71.9 Å². The van der Waals surface area contributed by atoms with E-state index in [4.69, 9.17) is 4.74 Å². The Morgan fingerprint density at radius 2 is 1.63 bits per heavy atom. The van der Waals surface area contributed by atoms with Crippen LogP contribution in [0.2, 0.25) is 0 Å². The average molecular weight is 558 g/mol. The van der Waals surface area contributed by atoms with Crippen LogP contribution in [0.25, 0.3) is 10.9 Å². The van der Waals surface area contributed by atoms with Crippen molar-refractivity contribution in [2.45, 2.75) is 63.5 Å². The third kappa shape index (κ3) is 5.83. The topological polar surface area (TPSA) is 112 Å². The number of H-pyrrole nitrogens is 1.